The Labute approximate surface area is 210 Å². The smallest absolute Gasteiger partial charge is 0.263 e. The molecule has 0 saturated carbocycles. The Morgan fingerprint density at radius 2 is 1.92 bits per heavy atom. The van der Waals surface area contributed by atoms with Crippen LogP contribution in [0.4, 0.5) is 5.69 Å². The van der Waals surface area contributed by atoms with E-state index < -0.39 is 0 Å². The average molecular weight is 502 g/mol. The molecule has 10 heteroatoms. The molecule has 180 valence electrons. The summed E-state index contributed by atoms with van der Waals surface area (Å²) in [7, 11) is 1.58. The van der Waals surface area contributed by atoms with Crippen LogP contribution in [-0.2, 0) is 11.3 Å². The zero-order valence-corrected chi connectivity index (χ0v) is 20.1. The van der Waals surface area contributed by atoms with Gasteiger partial charge in [0, 0.05) is 28.2 Å². The van der Waals surface area contributed by atoms with Gasteiger partial charge < -0.3 is 19.1 Å². The number of rotatable bonds is 6. The van der Waals surface area contributed by atoms with Crippen molar-refractivity contribution in [2.24, 2.45) is 0 Å². The number of aromatic nitrogens is 4. The monoisotopic (exact) mass is 501 g/mol. The number of fused-ring (bicyclic) bond motifs is 1. The van der Waals surface area contributed by atoms with Gasteiger partial charge in [0.2, 0.25) is 17.2 Å². The van der Waals surface area contributed by atoms with Crippen LogP contribution in [0.5, 0.6) is 5.75 Å². The number of hydrogen-bond acceptors (Lipinski definition) is 7. The minimum atomic E-state index is -0.325. The van der Waals surface area contributed by atoms with Crippen LogP contribution in [0, 0.1) is 6.92 Å². The summed E-state index contributed by atoms with van der Waals surface area (Å²) in [5, 5.41) is 7.67. The molecule has 0 radical (unpaired) electrons. The van der Waals surface area contributed by atoms with E-state index >= 15 is 0 Å². The lowest BCUT2D eigenvalue weighted by molar-refractivity contribution is -0.116. The van der Waals surface area contributed by atoms with E-state index in [4.69, 9.17) is 20.9 Å². The molecular formula is C26H20ClN5O4. The Morgan fingerprint density at radius 1 is 1.11 bits per heavy atom. The van der Waals surface area contributed by atoms with Crippen LogP contribution < -0.4 is 15.5 Å². The number of nitrogens with zero attached hydrogens (tertiary/aromatic N) is 4. The number of ether oxygens (including phenoxy) is 1. The number of carbonyl (C=O) groups excluding carboxylic acids is 1. The highest BCUT2D eigenvalue weighted by molar-refractivity contribution is 6.30. The summed E-state index contributed by atoms with van der Waals surface area (Å²) >= 11 is 6.02. The normalized spacial score (nSPS) is 11.0. The summed E-state index contributed by atoms with van der Waals surface area (Å²) in [6.07, 6.45) is 1.51. The van der Waals surface area contributed by atoms with Crippen LogP contribution in [0.3, 0.4) is 0 Å². The van der Waals surface area contributed by atoms with Crippen molar-refractivity contribution in [3.05, 3.63) is 87.8 Å². The fourth-order valence-electron chi connectivity index (χ4n) is 3.74. The number of halogens is 1. The molecular weight excluding hydrogens is 482 g/mol. The lowest BCUT2D eigenvalue weighted by Gasteiger charge is -2.12. The van der Waals surface area contributed by atoms with E-state index in [2.05, 4.69) is 20.4 Å². The van der Waals surface area contributed by atoms with Crippen LogP contribution in [-0.4, -0.2) is 32.7 Å². The number of anilines is 1. The predicted molar refractivity (Wildman–Crippen MR) is 136 cm³/mol. The number of methoxy groups -OCH3 is 1. The van der Waals surface area contributed by atoms with Gasteiger partial charge in [-0.1, -0.05) is 22.8 Å². The molecule has 0 aliphatic rings. The van der Waals surface area contributed by atoms with Crippen molar-refractivity contribution < 1.29 is 14.1 Å². The maximum absolute atomic E-state index is 13.3. The summed E-state index contributed by atoms with van der Waals surface area (Å²) in [6.45, 7) is 1.71. The maximum Gasteiger partial charge on any atom is 0.263 e. The molecule has 9 nitrogen and oxygen atoms in total. The van der Waals surface area contributed by atoms with E-state index in [0.717, 1.165) is 0 Å². The van der Waals surface area contributed by atoms with Crippen molar-refractivity contribution in [2.75, 3.05) is 12.4 Å². The van der Waals surface area contributed by atoms with E-state index in [1.165, 1.54) is 6.20 Å². The van der Waals surface area contributed by atoms with Gasteiger partial charge in [-0.2, -0.15) is 4.98 Å². The lowest BCUT2D eigenvalue weighted by atomic mass is 10.1. The van der Waals surface area contributed by atoms with Gasteiger partial charge in [0.15, 0.2) is 0 Å². The van der Waals surface area contributed by atoms with Crippen LogP contribution >= 0.6 is 11.6 Å². The molecule has 0 atom stereocenters. The van der Waals surface area contributed by atoms with Crippen molar-refractivity contribution in [3.63, 3.8) is 0 Å². The van der Waals surface area contributed by atoms with Crippen molar-refractivity contribution in [2.45, 2.75) is 13.5 Å². The fraction of sp³-hybridized carbons (Fsp3) is 0.115. The van der Waals surface area contributed by atoms with Gasteiger partial charge in [-0.25, -0.2) is 4.98 Å². The first-order chi connectivity index (χ1) is 17.4. The van der Waals surface area contributed by atoms with E-state index in [0.29, 0.717) is 44.6 Å². The van der Waals surface area contributed by atoms with Gasteiger partial charge in [-0.3, -0.25) is 9.59 Å². The van der Waals surface area contributed by atoms with Gasteiger partial charge in [-0.05, 0) is 61.5 Å². The zero-order chi connectivity index (χ0) is 25.2. The molecule has 3 aromatic heterocycles. The lowest BCUT2D eigenvalue weighted by Crippen LogP contribution is -2.22. The molecule has 2 aromatic carbocycles. The Hall–Kier alpha value is -4.50. The minimum absolute atomic E-state index is 0.0392. The second kappa shape index (κ2) is 9.63. The van der Waals surface area contributed by atoms with Crippen LogP contribution in [0.1, 0.15) is 5.69 Å². The Bertz CT molecular complexity index is 1640. The largest absolute Gasteiger partial charge is 0.497 e. The minimum Gasteiger partial charge on any atom is -0.497 e. The first-order valence-electron chi connectivity index (χ1n) is 11.0. The quantitative estimate of drug-likeness (QED) is 0.358. The van der Waals surface area contributed by atoms with Gasteiger partial charge in [0.1, 0.15) is 23.5 Å². The number of aryl methyl sites for hydroxylation is 1. The average Bonchev–Trinajstić information content (AvgIpc) is 3.36. The van der Waals surface area contributed by atoms with E-state index in [-0.39, 0.29) is 29.3 Å². The van der Waals surface area contributed by atoms with E-state index in [1.807, 2.05) is 6.92 Å². The first kappa shape index (κ1) is 23.3. The molecule has 36 heavy (non-hydrogen) atoms. The highest BCUT2D eigenvalue weighted by atomic mass is 35.5. The Balaban J connectivity index is 1.53. The molecule has 0 bridgehead atoms. The third kappa shape index (κ3) is 4.69. The van der Waals surface area contributed by atoms with Crippen LogP contribution in [0.15, 0.2) is 76.2 Å². The first-order valence-corrected chi connectivity index (χ1v) is 11.3. The number of benzene rings is 2. The molecule has 1 N–H and O–H groups in total. The molecule has 0 aliphatic carbocycles. The molecule has 3 heterocycles. The number of nitrogens with one attached hydrogen (secondary N) is 1. The second-order valence-electron chi connectivity index (χ2n) is 8.03. The standard InChI is InChI=1S/C26H20ClN5O4/c1-15-6-11-20-23(34)21(26-30-24(31-36-26)16-7-9-19(35-2)10-8-16)13-32(25(20)28-15)14-22(33)29-18-5-3-4-17(27)12-18/h3-13H,14H2,1-2H3,(H,29,33). The fourth-order valence-corrected chi connectivity index (χ4v) is 3.93. The van der Waals surface area contributed by atoms with Gasteiger partial charge >= 0.3 is 0 Å². The van der Waals surface area contributed by atoms with Crippen LogP contribution in [0.25, 0.3) is 33.9 Å². The zero-order valence-electron chi connectivity index (χ0n) is 19.4. The van der Waals surface area contributed by atoms with Gasteiger partial charge in [0.05, 0.1) is 12.5 Å². The molecule has 0 fully saturated rings. The molecule has 0 aliphatic heterocycles. The number of amides is 1. The van der Waals surface area contributed by atoms with Gasteiger partial charge in [0.25, 0.3) is 5.89 Å². The van der Waals surface area contributed by atoms with Crippen molar-refractivity contribution in [1.29, 1.82) is 0 Å². The number of pyridine rings is 2. The summed E-state index contributed by atoms with van der Waals surface area (Å²) in [6, 6.07) is 17.4. The van der Waals surface area contributed by atoms with E-state index in [9.17, 15) is 9.59 Å². The topological polar surface area (TPSA) is 112 Å². The summed E-state index contributed by atoms with van der Waals surface area (Å²) in [5.74, 6) is 0.733. The highest BCUT2D eigenvalue weighted by Gasteiger charge is 2.19. The maximum atomic E-state index is 13.3. The molecule has 5 rings (SSSR count). The van der Waals surface area contributed by atoms with Crippen molar-refractivity contribution in [3.8, 4) is 28.6 Å². The molecule has 1 amide bonds. The van der Waals surface area contributed by atoms with Crippen molar-refractivity contribution in [1.82, 2.24) is 19.7 Å². The predicted octanol–water partition coefficient (Wildman–Crippen LogP) is 4.72. The highest BCUT2D eigenvalue weighted by Crippen LogP contribution is 2.24. The summed E-state index contributed by atoms with van der Waals surface area (Å²) < 4.78 is 12.2. The van der Waals surface area contributed by atoms with Gasteiger partial charge in [-0.15, -0.1) is 0 Å². The summed E-state index contributed by atoms with van der Waals surface area (Å²) in [5.41, 5.74) is 2.18. The Morgan fingerprint density at radius 3 is 2.67 bits per heavy atom. The third-order valence-corrected chi connectivity index (χ3v) is 5.72. The van der Waals surface area contributed by atoms with Crippen molar-refractivity contribution >= 4 is 34.2 Å². The molecule has 0 unspecified atom stereocenters. The molecule has 0 saturated heterocycles. The number of hydrogen-bond donors (Lipinski definition) is 1. The number of carbonyl (C=O) groups is 1. The van der Waals surface area contributed by atoms with E-state index in [1.54, 1.807) is 72.3 Å². The third-order valence-electron chi connectivity index (χ3n) is 5.49. The molecule has 5 aromatic rings. The Kier molecular flexibility index (Phi) is 6.22. The van der Waals surface area contributed by atoms with Crippen LogP contribution in [0.2, 0.25) is 5.02 Å². The summed E-state index contributed by atoms with van der Waals surface area (Å²) in [4.78, 5) is 35.1. The SMILES string of the molecule is COc1ccc(-c2noc(-c3cn(CC(=O)Nc4cccc(Cl)c4)c4nc(C)ccc4c3=O)n2)cc1. The molecule has 0 spiro atoms. The second-order valence-corrected chi connectivity index (χ2v) is 8.47.